The van der Waals surface area contributed by atoms with Crippen LogP contribution in [0.5, 0.6) is 0 Å². The number of hydrogen-bond donors (Lipinski definition) is 2. The molecule has 0 bridgehead atoms. The SMILES string of the molecule is CC1=CC(N2CCOCC2)N(CC2CCCC2O)C(C2CC2)=C1C(=O)O. The molecule has 0 aromatic rings. The van der Waals surface area contributed by atoms with Gasteiger partial charge in [-0.05, 0) is 50.2 Å². The summed E-state index contributed by atoms with van der Waals surface area (Å²) in [5.74, 6) is -0.237. The molecule has 2 saturated carbocycles. The van der Waals surface area contributed by atoms with Gasteiger partial charge < -0.3 is 19.8 Å². The van der Waals surface area contributed by atoms with Crippen molar-refractivity contribution < 1.29 is 19.7 Å². The van der Waals surface area contributed by atoms with Crippen LogP contribution < -0.4 is 0 Å². The zero-order chi connectivity index (χ0) is 18.3. The topological polar surface area (TPSA) is 73.2 Å². The lowest BCUT2D eigenvalue weighted by molar-refractivity contribution is -0.132. The van der Waals surface area contributed by atoms with E-state index in [0.717, 1.165) is 76.2 Å². The molecular weight excluding hydrogens is 332 g/mol. The largest absolute Gasteiger partial charge is 0.478 e. The molecule has 0 aromatic carbocycles. The summed E-state index contributed by atoms with van der Waals surface area (Å²) in [7, 11) is 0. The summed E-state index contributed by atoms with van der Waals surface area (Å²) in [6.45, 7) is 5.84. The van der Waals surface area contributed by atoms with Crippen molar-refractivity contribution in [3.05, 3.63) is 22.9 Å². The van der Waals surface area contributed by atoms with E-state index in [9.17, 15) is 15.0 Å². The van der Waals surface area contributed by atoms with E-state index in [1.165, 1.54) is 0 Å². The highest BCUT2D eigenvalue weighted by atomic mass is 16.5. The molecule has 2 N–H and O–H groups in total. The second-order valence-electron chi connectivity index (χ2n) is 8.16. The first-order chi connectivity index (χ1) is 12.6. The molecule has 2 aliphatic heterocycles. The third kappa shape index (κ3) is 3.42. The Balaban J connectivity index is 1.69. The van der Waals surface area contributed by atoms with Gasteiger partial charge in [-0.15, -0.1) is 0 Å². The molecule has 4 aliphatic rings. The van der Waals surface area contributed by atoms with Crippen LogP contribution in [-0.2, 0) is 9.53 Å². The Morgan fingerprint density at radius 1 is 1.23 bits per heavy atom. The zero-order valence-electron chi connectivity index (χ0n) is 15.6. The molecule has 2 aliphatic carbocycles. The summed E-state index contributed by atoms with van der Waals surface area (Å²) < 4.78 is 5.52. The van der Waals surface area contributed by atoms with E-state index in [2.05, 4.69) is 15.9 Å². The average Bonchev–Trinajstić information content (AvgIpc) is 3.39. The van der Waals surface area contributed by atoms with E-state index in [0.29, 0.717) is 11.5 Å². The van der Waals surface area contributed by atoms with Crippen LogP contribution in [0.15, 0.2) is 22.9 Å². The quantitative estimate of drug-likeness (QED) is 0.777. The molecule has 0 spiro atoms. The molecule has 0 amide bonds. The first-order valence-corrected chi connectivity index (χ1v) is 9.99. The molecule has 3 unspecified atom stereocenters. The Morgan fingerprint density at radius 2 is 1.96 bits per heavy atom. The van der Waals surface area contributed by atoms with Gasteiger partial charge in [0.1, 0.15) is 6.17 Å². The van der Waals surface area contributed by atoms with Crippen molar-refractivity contribution in [2.75, 3.05) is 32.8 Å². The Morgan fingerprint density at radius 3 is 2.54 bits per heavy atom. The van der Waals surface area contributed by atoms with Crippen molar-refractivity contribution in [3.8, 4) is 0 Å². The number of aliphatic hydroxyl groups is 1. The number of hydrogen-bond acceptors (Lipinski definition) is 5. The first kappa shape index (κ1) is 18.0. The van der Waals surface area contributed by atoms with Crippen LogP contribution >= 0.6 is 0 Å². The molecule has 3 fully saturated rings. The minimum Gasteiger partial charge on any atom is -0.478 e. The van der Waals surface area contributed by atoms with Crippen molar-refractivity contribution in [1.82, 2.24) is 9.80 Å². The van der Waals surface area contributed by atoms with Crippen LogP contribution in [0.4, 0.5) is 0 Å². The van der Waals surface area contributed by atoms with Crippen LogP contribution in [0.2, 0.25) is 0 Å². The highest BCUT2D eigenvalue weighted by Crippen LogP contribution is 2.45. The number of morpholine rings is 1. The van der Waals surface area contributed by atoms with Crippen molar-refractivity contribution in [1.29, 1.82) is 0 Å². The smallest absolute Gasteiger partial charge is 0.337 e. The monoisotopic (exact) mass is 362 g/mol. The third-order valence-electron chi connectivity index (χ3n) is 6.33. The Bertz CT molecular complexity index is 619. The van der Waals surface area contributed by atoms with Gasteiger partial charge in [0.05, 0.1) is 24.9 Å². The highest BCUT2D eigenvalue weighted by Gasteiger charge is 2.42. The van der Waals surface area contributed by atoms with Gasteiger partial charge in [0.2, 0.25) is 0 Å². The zero-order valence-corrected chi connectivity index (χ0v) is 15.6. The van der Waals surface area contributed by atoms with Crippen molar-refractivity contribution in [2.45, 2.75) is 51.3 Å². The number of ether oxygens (including phenoxy) is 1. The first-order valence-electron chi connectivity index (χ1n) is 9.99. The Hall–Kier alpha value is -1.37. The molecule has 3 atom stereocenters. The van der Waals surface area contributed by atoms with Crippen molar-refractivity contribution in [3.63, 3.8) is 0 Å². The van der Waals surface area contributed by atoms with Gasteiger partial charge in [0, 0.05) is 31.2 Å². The van der Waals surface area contributed by atoms with E-state index in [4.69, 9.17) is 4.74 Å². The average molecular weight is 362 g/mol. The molecule has 144 valence electrons. The fourth-order valence-electron chi connectivity index (χ4n) is 4.79. The van der Waals surface area contributed by atoms with E-state index in [-0.39, 0.29) is 18.2 Å². The summed E-state index contributed by atoms with van der Waals surface area (Å²) in [6, 6.07) is 0. The maximum absolute atomic E-state index is 12.0. The van der Waals surface area contributed by atoms with Crippen LogP contribution in [0.3, 0.4) is 0 Å². The normalized spacial score (nSPS) is 33.5. The van der Waals surface area contributed by atoms with Gasteiger partial charge in [-0.25, -0.2) is 4.79 Å². The number of aliphatic hydroxyl groups excluding tert-OH is 1. The van der Waals surface area contributed by atoms with Gasteiger partial charge in [-0.3, -0.25) is 4.90 Å². The molecular formula is C20H30N2O4. The molecule has 1 saturated heterocycles. The second-order valence-corrected chi connectivity index (χ2v) is 8.16. The number of carboxylic acid groups (broad SMARTS) is 1. The molecule has 6 heteroatoms. The van der Waals surface area contributed by atoms with E-state index in [1.807, 2.05) is 6.92 Å². The molecule has 6 nitrogen and oxygen atoms in total. The lowest BCUT2D eigenvalue weighted by Crippen LogP contribution is -2.54. The predicted octanol–water partition coefficient (Wildman–Crippen LogP) is 1.82. The molecule has 26 heavy (non-hydrogen) atoms. The summed E-state index contributed by atoms with van der Waals surface area (Å²) in [5, 5.41) is 20.3. The number of carbonyl (C=O) groups is 1. The van der Waals surface area contributed by atoms with Gasteiger partial charge in [-0.2, -0.15) is 0 Å². The summed E-state index contributed by atoms with van der Waals surface area (Å²) in [6.07, 6.45) is 7.01. The third-order valence-corrected chi connectivity index (χ3v) is 6.33. The minimum atomic E-state index is -0.821. The van der Waals surface area contributed by atoms with Crippen LogP contribution in [0.25, 0.3) is 0 Å². The summed E-state index contributed by atoms with van der Waals surface area (Å²) in [5.41, 5.74) is 2.37. The number of allylic oxidation sites excluding steroid dienone is 1. The number of aliphatic carboxylic acids is 1. The minimum absolute atomic E-state index is 0.0744. The molecule has 0 radical (unpaired) electrons. The second kappa shape index (κ2) is 7.33. The summed E-state index contributed by atoms with van der Waals surface area (Å²) in [4.78, 5) is 16.7. The van der Waals surface area contributed by atoms with Gasteiger partial charge >= 0.3 is 5.97 Å². The number of rotatable bonds is 5. The van der Waals surface area contributed by atoms with Gasteiger partial charge in [-0.1, -0.05) is 6.42 Å². The van der Waals surface area contributed by atoms with Gasteiger partial charge in [0.15, 0.2) is 0 Å². The predicted molar refractivity (Wildman–Crippen MR) is 97.4 cm³/mol. The van der Waals surface area contributed by atoms with Crippen molar-refractivity contribution >= 4 is 5.97 Å². The lowest BCUT2D eigenvalue weighted by atomic mass is 9.93. The molecule has 0 aromatic heterocycles. The van der Waals surface area contributed by atoms with Gasteiger partial charge in [0.25, 0.3) is 0 Å². The number of nitrogens with zero attached hydrogens (tertiary/aromatic N) is 2. The van der Waals surface area contributed by atoms with E-state index >= 15 is 0 Å². The Kier molecular flexibility index (Phi) is 5.08. The van der Waals surface area contributed by atoms with Crippen LogP contribution in [0, 0.1) is 11.8 Å². The Labute approximate surface area is 155 Å². The van der Waals surface area contributed by atoms with E-state index in [1.54, 1.807) is 0 Å². The highest BCUT2D eigenvalue weighted by molar-refractivity contribution is 5.93. The van der Waals surface area contributed by atoms with Crippen molar-refractivity contribution in [2.24, 2.45) is 11.8 Å². The molecule has 2 heterocycles. The fraction of sp³-hybridized carbons (Fsp3) is 0.750. The van der Waals surface area contributed by atoms with E-state index < -0.39 is 5.97 Å². The summed E-state index contributed by atoms with van der Waals surface area (Å²) >= 11 is 0. The van der Waals surface area contributed by atoms with Crippen LogP contribution in [-0.4, -0.2) is 71.1 Å². The maximum Gasteiger partial charge on any atom is 0.337 e. The molecule has 4 rings (SSSR count). The number of carboxylic acids is 1. The lowest BCUT2D eigenvalue weighted by Gasteiger charge is -2.46. The maximum atomic E-state index is 12.0. The van der Waals surface area contributed by atoms with Crippen LogP contribution in [0.1, 0.15) is 39.0 Å². The standard InChI is InChI=1S/C20H30N2O4/c1-13-11-17(21-7-9-26-10-8-21)22(12-15-3-2-4-16(15)23)19(14-5-6-14)18(13)20(24)25/h11,14-17,23H,2-10,12H2,1H3,(H,24,25). The fourth-order valence-corrected chi connectivity index (χ4v) is 4.79.